The van der Waals surface area contributed by atoms with Crippen molar-refractivity contribution in [1.82, 2.24) is 9.55 Å². The second kappa shape index (κ2) is 7.96. The van der Waals surface area contributed by atoms with E-state index in [0.717, 1.165) is 29.0 Å². The van der Waals surface area contributed by atoms with Crippen LogP contribution in [-0.4, -0.2) is 15.5 Å². The molecule has 0 aliphatic carbocycles. The molecule has 0 saturated heterocycles. The topological polar surface area (TPSA) is 56.2 Å². The summed E-state index contributed by atoms with van der Waals surface area (Å²) in [4.78, 5) is 17.4. The number of hydrogen-bond donors (Lipinski definition) is 1. The number of carbonyl (C=O) groups excluding carboxylic acids is 1. The summed E-state index contributed by atoms with van der Waals surface area (Å²) in [7, 11) is 0. The third-order valence-corrected chi connectivity index (χ3v) is 4.48. The second-order valence-corrected chi connectivity index (χ2v) is 6.42. The number of nitrogens with zero attached hydrogens (tertiary/aromatic N) is 2. The maximum absolute atomic E-state index is 12.8. The van der Waals surface area contributed by atoms with Gasteiger partial charge in [0.25, 0.3) is 0 Å². The first-order chi connectivity index (χ1) is 13.7. The first kappa shape index (κ1) is 17.8. The molecule has 1 aromatic heterocycles. The predicted molar refractivity (Wildman–Crippen MR) is 111 cm³/mol. The number of nitrogens with one attached hydrogen (secondary N) is 1. The molecular weight excluding hydrogens is 350 g/mol. The SMILES string of the molecule is CCc1nc2ccccc2n1CC(=O)Nc1ccccc1Oc1ccccc1. The number of para-hydroxylation sites is 5. The number of hydrogen-bond acceptors (Lipinski definition) is 3. The largest absolute Gasteiger partial charge is 0.455 e. The number of fused-ring (bicyclic) bond motifs is 1. The predicted octanol–water partition coefficient (Wildman–Crippen LogP) is 5.03. The molecule has 0 atom stereocenters. The first-order valence-corrected chi connectivity index (χ1v) is 9.30. The molecule has 5 nitrogen and oxygen atoms in total. The summed E-state index contributed by atoms with van der Waals surface area (Å²) in [6, 6.07) is 24.8. The highest BCUT2D eigenvalue weighted by atomic mass is 16.5. The van der Waals surface area contributed by atoms with E-state index in [1.54, 1.807) is 0 Å². The Bertz CT molecular complexity index is 1100. The van der Waals surface area contributed by atoms with E-state index in [1.165, 1.54) is 0 Å². The van der Waals surface area contributed by atoms with Gasteiger partial charge >= 0.3 is 0 Å². The number of rotatable bonds is 6. The van der Waals surface area contributed by atoms with Crippen molar-refractivity contribution in [3.63, 3.8) is 0 Å². The van der Waals surface area contributed by atoms with Gasteiger partial charge in [-0.1, -0.05) is 49.4 Å². The Morgan fingerprint density at radius 1 is 0.964 bits per heavy atom. The molecule has 3 aromatic carbocycles. The van der Waals surface area contributed by atoms with Gasteiger partial charge in [0, 0.05) is 6.42 Å². The zero-order valence-corrected chi connectivity index (χ0v) is 15.6. The number of aryl methyl sites for hydroxylation is 1. The molecule has 1 N–H and O–H groups in total. The smallest absolute Gasteiger partial charge is 0.244 e. The van der Waals surface area contributed by atoms with Crippen molar-refractivity contribution in [2.75, 3.05) is 5.32 Å². The molecule has 0 fully saturated rings. The highest BCUT2D eigenvalue weighted by Gasteiger charge is 2.14. The molecule has 0 spiro atoms. The lowest BCUT2D eigenvalue weighted by Gasteiger charge is -2.13. The summed E-state index contributed by atoms with van der Waals surface area (Å²) in [6.07, 6.45) is 0.760. The summed E-state index contributed by atoms with van der Waals surface area (Å²) < 4.78 is 7.89. The minimum Gasteiger partial charge on any atom is -0.455 e. The van der Waals surface area contributed by atoms with Gasteiger partial charge in [0.1, 0.15) is 18.1 Å². The molecule has 140 valence electrons. The van der Waals surface area contributed by atoms with Gasteiger partial charge in [0.15, 0.2) is 5.75 Å². The lowest BCUT2D eigenvalue weighted by atomic mass is 10.2. The zero-order valence-electron chi connectivity index (χ0n) is 15.6. The normalized spacial score (nSPS) is 10.8. The summed E-state index contributed by atoms with van der Waals surface area (Å²) in [5.74, 6) is 2.10. The molecule has 4 rings (SSSR count). The van der Waals surface area contributed by atoms with Gasteiger partial charge in [0.2, 0.25) is 5.91 Å². The maximum Gasteiger partial charge on any atom is 0.244 e. The van der Waals surface area contributed by atoms with Crippen molar-refractivity contribution in [2.45, 2.75) is 19.9 Å². The number of amides is 1. The van der Waals surface area contributed by atoms with Gasteiger partial charge in [-0.25, -0.2) is 4.98 Å². The van der Waals surface area contributed by atoms with E-state index in [4.69, 9.17) is 4.74 Å². The molecular formula is C23H21N3O2. The van der Waals surface area contributed by atoms with Gasteiger partial charge in [-0.15, -0.1) is 0 Å². The molecule has 4 aromatic rings. The second-order valence-electron chi connectivity index (χ2n) is 6.42. The van der Waals surface area contributed by atoms with Crippen LogP contribution >= 0.6 is 0 Å². The van der Waals surface area contributed by atoms with Crippen LogP contribution in [0.5, 0.6) is 11.5 Å². The summed E-state index contributed by atoms with van der Waals surface area (Å²) in [5.41, 5.74) is 2.50. The third kappa shape index (κ3) is 3.74. The monoisotopic (exact) mass is 371 g/mol. The highest BCUT2D eigenvalue weighted by Crippen LogP contribution is 2.29. The van der Waals surface area contributed by atoms with Crippen LogP contribution in [0.4, 0.5) is 5.69 Å². The van der Waals surface area contributed by atoms with E-state index in [1.807, 2.05) is 90.4 Å². The fourth-order valence-electron chi connectivity index (χ4n) is 3.18. The van der Waals surface area contributed by atoms with Crippen LogP contribution in [0.15, 0.2) is 78.9 Å². The standard InChI is InChI=1S/C23H21N3O2/c1-2-22-24-18-12-6-8-14-20(18)26(22)16-23(27)25-19-13-7-9-15-21(19)28-17-10-4-3-5-11-17/h3-15H,2,16H2,1H3,(H,25,27). The first-order valence-electron chi connectivity index (χ1n) is 9.30. The van der Waals surface area contributed by atoms with E-state index < -0.39 is 0 Å². The van der Waals surface area contributed by atoms with E-state index in [0.29, 0.717) is 11.4 Å². The number of imidazole rings is 1. The van der Waals surface area contributed by atoms with Crippen molar-refractivity contribution < 1.29 is 9.53 Å². The molecule has 0 aliphatic heterocycles. The van der Waals surface area contributed by atoms with Gasteiger partial charge in [-0.3, -0.25) is 4.79 Å². The molecule has 28 heavy (non-hydrogen) atoms. The van der Waals surface area contributed by atoms with Crippen LogP contribution < -0.4 is 10.1 Å². The third-order valence-electron chi connectivity index (χ3n) is 4.48. The summed E-state index contributed by atoms with van der Waals surface area (Å²) in [6.45, 7) is 2.24. The van der Waals surface area contributed by atoms with Gasteiger partial charge in [-0.2, -0.15) is 0 Å². The number of ether oxygens (including phenoxy) is 1. The average Bonchev–Trinajstić information content (AvgIpc) is 3.08. The Morgan fingerprint density at radius 2 is 1.68 bits per heavy atom. The van der Waals surface area contributed by atoms with Gasteiger partial charge < -0.3 is 14.6 Å². The highest BCUT2D eigenvalue weighted by molar-refractivity contribution is 5.93. The number of benzene rings is 3. The van der Waals surface area contributed by atoms with Crippen LogP contribution in [-0.2, 0) is 17.8 Å². The van der Waals surface area contributed by atoms with E-state index in [2.05, 4.69) is 10.3 Å². The minimum atomic E-state index is -0.123. The Labute approximate surface area is 163 Å². The molecule has 0 bridgehead atoms. The Balaban J connectivity index is 1.55. The fraction of sp³-hybridized carbons (Fsp3) is 0.130. The van der Waals surface area contributed by atoms with Crippen molar-refractivity contribution in [2.24, 2.45) is 0 Å². The van der Waals surface area contributed by atoms with E-state index in [9.17, 15) is 4.79 Å². The summed E-state index contributed by atoms with van der Waals surface area (Å²) in [5, 5.41) is 2.97. The van der Waals surface area contributed by atoms with Gasteiger partial charge in [-0.05, 0) is 36.4 Å². The molecule has 0 radical (unpaired) electrons. The zero-order chi connectivity index (χ0) is 19.3. The van der Waals surface area contributed by atoms with E-state index in [-0.39, 0.29) is 12.5 Å². The van der Waals surface area contributed by atoms with Crippen molar-refractivity contribution >= 4 is 22.6 Å². The number of aromatic nitrogens is 2. The van der Waals surface area contributed by atoms with Crippen LogP contribution in [0.2, 0.25) is 0 Å². The average molecular weight is 371 g/mol. The van der Waals surface area contributed by atoms with Gasteiger partial charge in [0.05, 0.1) is 16.7 Å². The van der Waals surface area contributed by atoms with Crippen LogP contribution in [0, 0.1) is 0 Å². The molecule has 0 saturated carbocycles. The quantitative estimate of drug-likeness (QED) is 0.517. The minimum absolute atomic E-state index is 0.123. The van der Waals surface area contributed by atoms with Crippen molar-refractivity contribution in [3.8, 4) is 11.5 Å². The molecule has 0 unspecified atom stereocenters. The molecule has 5 heteroatoms. The fourth-order valence-corrected chi connectivity index (χ4v) is 3.18. The van der Waals surface area contributed by atoms with Crippen LogP contribution in [0.1, 0.15) is 12.7 Å². The summed E-state index contributed by atoms with van der Waals surface area (Å²) >= 11 is 0. The Morgan fingerprint density at radius 3 is 2.50 bits per heavy atom. The molecule has 0 aliphatic rings. The lowest BCUT2D eigenvalue weighted by Crippen LogP contribution is -2.20. The van der Waals surface area contributed by atoms with Crippen LogP contribution in [0.3, 0.4) is 0 Å². The maximum atomic E-state index is 12.8. The molecule has 1 heterocycles. The number of anilines is 1. The molecule has 1 amide bonds. The van der Waals surface area contributed by atoms with Crippen molar-refractivity contribution in [1.29, 1.82) is 0 Å². The van der Waals surface area contributed by atoms with Crippen molar-refractivity contribution in [3.05, 3.63) is 84.7 Å². The number of carbonyl (C=O) groups is 1. The lowest BCUT2D eigenvalue weighted by molar-refractivity contribution is -0.116. The van der Waals surface area contributed by atoms with E-state index >= 15 is 0 Å². The Kier molecular flexibility index (Phi) is 5.06. The Hall–Kier alpha value is -3.60. The van der Waals surface area contributed by atoms with Crippen LogP contribution in [0.25, 0.3) is 11.0 Å².